The number of carbonyl (C=O) groups is 1. The Labute approximate surface area is 110 Å². The van der Waals surface area contributed by atoms with Gasteiger partial charge in [-0.2, -0.15) is 0 Å². The molecule has 0 unspecified atom stereocenters. The average Bonchev–Trinajstić information content (AvgIpc) is 2.90. The van der Waals surface area contributed by atoms with Crippen LogP contribution in [0.25, 0.3) is 0 Å². The average molecular weight is 261 g/mol. The van der Waals surface area contributed by atoms with Crippen LogP contribution in [-0.2, 0) is 0 Å². The van der Waals surface area contributed by atoms with E-state index in [1.807, 2.05) is 13.8 Å². The van der Waals surface area contributed by atoms with Crippen molar-refractivity contribution in [3.63, 3.8) is 0 Å². The summed E-state index contributed by atoms with van der Waals surface area (Å²) in [6, 6.07) is 1.56. The lowest BCUT2D eigenvalue weighted by molar-refractivity contribution is 0.102. The van der Waals surface area contributed by atoms with Crippen LogP contribution in [0.4, 0.5) is 11.5 Å². The number of rotatable bonds is 4. The van der Waals surface area contributed by atoms with Crippen molar-refractivity contribution in [1.82, 2.24) is 15.1 Å². The molecule has 7 nitrogen and oxygen atoms in total. The summed E-state index contributed by atoms with van der Waals surface area (Å²) >= 11 is 0. The Balaban J connectivity index is 2.30. The number of nitrogens with zero attached hydrogens (tertiary/aromatic N) is 3. The van der Waals surface area contributed by atoms with E-state index >= 15 is 0 Å². The van der Waals surface area contributed by atoms with Gasteiger partial charge >= 0.3 is 0 Å². The van der Waals surface area contributed by atoms with Crippen molar-refractivity contribution < 1.29 is 9.32 Å². The molecule has 2 aromatic rings. The van der Waals surface area contributed by atoms with E-state index in [4.69, 9.17) is 0 Å². The summed E-state index contributed by atoms with van der Waals surface area (Å²) in [5.74, 6) is 0.744. The Morgan fingerprint density at radius 1 is 1.42 bits per heavy atom. The van der Waals surface area contributed by atoms with E-state index in [1.54, 1.807) is 19.3 Å². The molecule has 0 aliphatic heterocycles. The highest BCUT2D eigenvalue weighted by molar-refractivity contribution is 6.05. The van der Waals surface area contributed by atoms with Crippen LogP contribution in [0, 0.1) is 0 Å². The van der Waals surface area contributed by atoms with Crippen LogP contribution in [0.5, 0.6) is 0 Å². The summed E-state index contributed by atoms with van der Waals surface area (Å²) in [4.78, 5) is 20.6. The van der Waals surface area contributed by atoms with Gasteiger partial charge in [0, 0.05) is 19.0 Å². The van der Waals surface area contributed by atoms with Gasteiger partial charge in [0.15, 0.2) is 11.5 Å². The summed E-state index contributed by atoms with van der Waals surface area (Å²) in [6.45, 7) is 3.93. The zero-order valence-corrected chi connectivity index (χ0v) is 11.0. The fourth-order valence-electron chi connectivity index (χ4n) is 1.48. The Hall–Kier alpha value is -2.44. The molecule has 100 valence electrons. The molecule has 0 aliphatic rings. The number of carbonyl (C=O) groups excluding carboxylic acids is 1. The van der Waals surface area contributed by atoms with Gasteiger partial charge in [-0.25, -0.2) is 9.97 Å². The minimum atomic E-state index is -0.359. The molecule has 1 amide bonds. The van der Waals surface area contributed by atoms with Gasteiger partial charge in [0.25, 0.3) is 5.91 Å². The van der Waals surface area contributed by atoms with Gasteiger partial charge in [-0.15, -0.1) is 0 Å². The Bertz CT molecular complexity index is 566. The van der Waals surface area contributed by atoms with Crippen LogP contribution in [0.2, 0.25) is 0 Å². The molecule has 2 rings (SSSR count). The molecule has 0 saturated carbocycles. The molecule has 2 heterocycles. The Kier molecular flexibility index (Phi) is 3.74. The second-order valence-corrected chi connectivity index (χ2v) is 4.23. The minimum Gasteiger partial charge on any atom is -0.385 e. The predicted octanol–water partition coefficient (Wildman–Crippen LogP) is 1.88. The molecule has 0 fully saturated rings. The highest BCUT2D eigenvalue weighted by atomic mass is 16.5. The Morgan fingerprint density at radius 2 is 2.21 bits per heavy atom. The van der Waals surface area contributed by atoms with E-state index in [1.165, 1.54) is 6.26 Å². The van der Waals surface area contributed by atoms with Gasteiger partial charge in [-0.05, 0) is 0 Å². The maximum Gasteiger partial charge on any atom is 0.277 e. The summed E-state index contributed by atoms with van der Waals surface area (Å²) in [6.07, 6.45) is 2.98. The first-order chi connectivity index (χ1) is 9.11. The summed E-state index contributed by atoms with van der Waals surface area (Å²) in [7, 11) is 1.71. The van der Waals surface area contributed by atoms with Crippen LogP contribution in [-0.4, -0.2) is 28.1 Å². The Morgan fingerprint density at radius 3 is 2.79 bits per heavy atom. The molecular weight excluding hydrogens is 246 g/mol. The third-order valence-corrected chi connectivity index (χ3v) is 2.49. The largest absolute Gasteiger partial charge is 0.385 e. The van der Waals surface area contributed by atoms with Crippen molar-refractivity contribution in [2.24, 2.45) is 0 Å². The SMILES string of the molecule is CNc1cnc(C(C)C)nc1C(=O)Nc1ccon1. The topological polar surface area (TPSA) is 92.9 Å². The van der Waals surface area contributed by atoms with Gasteiger partial charge in [0.05, 0.1) is 11.9 Å². The summed E-state index contributed by atoms with van der Waals surface area (Å²) in [5.41, 5.74) is 0.842. The predicted molar refractivity (Wildman–Crippen MR) is 70.1 cm³/mol. The quantitative estimate of drug-likeness (QED) is 0.872. The number of nitrogens with one attached hydrogen (secondary N) is 2. The van der Waals surface area contributed by atoms with Crippen molar-refractivity contribution in [2.75, 3.05) is 17.7 Å². The monoisotopic (exact) mass is 261 g/mol. The number of hydrogen-bond donors (Lipinski definition) is 2. The van der Waals surface area contributed by atoms with Crippen molar-refractivity contribution in [3.05, 3.63) is 30.0 Å². The second kappa shape index (κ2) is 5.47. The van der Waals surface area contributed by atoms with Crippen molar-refractivity contribution >= 4 is 17.4 Å². The molecule has 0 radical (unpaired) electrons. The van der Waals surface area contributed by atoms with Gasteiger partial charge < -0.3 is 15.2 Å². The molecule has 0 spiro atoms. The van der Waals surface area contributed by atoms with Crippen molar-refractivity contribution in [2.45, 2.75) is 19.8 Å². The standard InChI is InChI=1S/C12H15N5O2/c1-7(2)11-14-6-8(13-3)10(16-11)12(18)15-9-4-5-19-17-9/h4-7,13H,1-3H3,(H,15,17,18). The zero-order chi connectivity index (χ0) is 13.8. The van der Waals surface area contributed by atoms with E-state index in [9.17, 15) is 4.79 Å². The fourth-order valence-corrected chi connectivity index (χ4v) is 1.48. The normalized spacial score (nSPS) is 10.5. The molecule has 0 bridgehead atoms. The van der Waals surface area contributed by atoms with Crippen molar-refractivity contribution in [3.8, 4) is 0 Å². The lowest BCUT2D eigenvalue weighted by atomic mass is 10.2. The molecule has 0 aromatic carbocycles. The van der Waals surface area contributed by atoms with Crippen molar-refractivity contribution in [1.29, 1.82) is 0 Å². The summed E-state index contributed by atoms with van der Waals surface area (Å²) in [5, 5.41) is 9.12. The van der Waals surface area contributed by atoms with E-state index in [-0.39, 0.29) is 17.5 Å². The van der Waals surface area contributed by atoms with Gasteiger partial charge in [-0.1, -0.05) is 19.0 Å². The molecule has 2 aromatic heterocycles. The van der Waals surface area contributed by atoms with Crippen LogP contribution in [0.3, 0.4) is 0 Å². The molecule has 7 heteroatoms. The number of anilines is 2. The molecule has 2 N–H and O–H groups in total. The van der Waals surface area contributed by atoms with E-state index < -0.39 is 0 Å². The smallest absolute Gasteiger partial charge is 0.277 e. The molecule has 0 aliphatic carbocycles. The molecule has 0 saturated heterocycles. The number of amides is 1. The van der Waals surface area contributed by atoms with Crippen LogP contribution in [0.1, 0.15) is 36.1 Å². The van der Waals surface area contributed by atoms with Crippen LogP contribution >= 0.6 is 0 Å². The fraction of sp³-hybridized carbons (Fsp3) is 0.333. The third-order valence-electron chi connectivity index (χ3n) is 2.49. The second-order valence-electron chi connectivity index (χ2n) is 4.23. The molecular formula is C12H15N5O2. The first-order valence-electron chi connectivity index (χ1n) is 5.88. The van der Waals surface area contributed by atoms with Gasteiger partial charge in [0.2, 0.25) is 0 Å². The lowest BCUT2D eigenvalue weighted by Gasteiger charge is -2.10. The highest BCUT2D eigenvalue weighted by Crippen LogP contribution is 2.17. The van der Waals surface area contributed by atoms with Crippen LogP contribution in [0.15, 0.2) is 23.0 Å². The van der Waals surface area contributed by atoms with E-state index in [0.717, 1.165) is 0 Å². The molecule has 19 heavy (non-hydrogen) atoms. The lowest BCUT2D eigenvalue weighted by Crippen LogP contribution is -2.18. The minimum absolute atomic E-state index is 0.143. The van der Waals surface area contributed by atoms with Crippen LogP contribution < -0.4 is 10.6 Å². The van der Waals surface area contributed by atoms with Gasteiger partial charge in [0.1, 0.15) is 12.1 Å². The molecule has 0 atom stereocenters. The zero-order valence-electron chi connectivity index (χ0n) is 11.0. The summed E-state index contributed by atoms with van der Waals surface area (Å²) < 4.78 is 4.66. The number of aromatic nitrogens is 3. The first-order valence-corrected chi connectivity index (χ1v) is 5.88. The maximum absolute atomic E-state index is 12.1. The third kappa shape index (κ3) is 2.87. The highest BCUT2D eigenvalue weighted by Gasteiger charge is 2.16. The first kappa shape index (κ1) is 13.0. The maximum atomic E-state index is 12.1. The van der Waals surface area contributed by atoms with E-state index in [2.05, 4.69) is 30.3 Å². The number of hydrogen-bond acceptors (Lipinski definition) is 6. The van der Waals surface area contributed by atoms with Gasteiger partial charge in [-0.3, -0.25) is 4.79 Å². The van der Waals surface area contributed by atoms with E-state index in [0.29, 0.717) is 17.3 Å².